The van der Waals surface area contributed by atoms with Crippen LogP contribution >= 0.6 is 0 Å². The highest BCUT2D eigenvalue weighted by atomic mass is 79.9. The van der Waals surface area contributed by atoms with Gasteiger partial charge in [-0.05, 0) is 24.3 Å². The van der Waals surface area contributed by atoms with E-state index in [0.29, 0.717) is 17.8 Å². The van der Waals surface area contributed by atoms with Gasteiger partial charge in [0.2, 0.25) is 6.54 Å². The smallest absolute Gasteiger partial charge is 0.266 e. The Kier molecular flexibility index (Phi) is 5.05. The van der Waals surface area contributed by atoms with E-state index in [1.165, 1.54) is 0 Å². The van der Waals surface area contributed by atoms with Crippen LogP contribution in [0, 0.1) is 0 Å². The Morgan fingerprint density at radius 1 is 0.840 bits per heavy atom. The van der Waals surface area contributed by atoms with Gasteiger partial charge in [-0.25, -0.2) is 4.98 Å². The average Bonchev–Trinajstić information content (AvgIpc) is 2.64. The zero-order valence-electron chi connectivity index (χ0n) is 13.4. The molecule has 0 atom stereocenters. The summed E-state index contributed by atoms with van der Waals surface area (Å²) in [5, 5.41) is 0.628. The van der Waals surface area contributed by atoms with Gasteiger partial charge in [0.15, 0.2) is 18.2 Å². The Bertz CT molecular complexity index is 1050. The van der Waals surface area contributed by atoms with E-state index in [0.717, 1.165) is 11.2 Å². The molecule has 2 aromatic heterocycles. The molecule has 0 bridgehead atoms. The van der Waals surface area contributed by atoms with Gasteiger partial charge >= 0.3 is 0 Å². The molecule has 0 fully saturated rings. The van der Waals surface area contributed by atoms with Crippen LogP contribution in [0.25, 0.3) is 16.6 Å². The Morgan fingerprint density at radius 3 is 2.24 bits per heavy atom. The monoisotopic (exact) mass is 393 g/mol. The fourth-order valence-electron chi connectivity index (χ4n) is 2.83. The van der Waals surface area contributed by atoms with Gasteiger partial charge in [0.1, 0.15) is 0 Å². The molecular weight excluding hydrogens is 378 g/mol. The fraction of sp³-hybridized carbons (Fsp3) is 0.0500. The van der Waals surface area contributed by atoms with Crippen molar-refractivity contribution in [3.63, 3.8) is 0 Å². The summed E-state index contributed by atoms with van der Waals surface area (Å²) in [5.74, 6) is 0.709. The van der Waals surface area contributed by atoms with E-state index >= 15 is 0 Å². The molecule has 0 N–H and O–H groups in total. The molecule has 2 heterocycles. The number of benzene rings is 2. The lowest BCUT2D eigenvalue weighted by Crippen LogP contribution is -3.00. The molecule has 124 valence electrons. The molecule has 0 saturated heterocycles. The third-order valence-corrected chi connectivity index (χ3v) is 3.96. The van der Waals surface area contributed by atoms with E-state index in [2.05, 4.69) is 0 Å². The largest absolute Gasteiger partial charge is 1.00 e. The summed E-state index contributed by atoms with van der Waals surface area (Å²) in [7, 11) is 0. The Hall–Kier alpha value is -2.79. The number of aromatic nitrogens is 3. The maximum absolute atomic E-state index is 13.1. The van der Waals surface area contributed by atoms with E-state index < -0.39 is 0 Å². The van der Waals surface area contributed by atoms with Crippen molar-refractivity contribution in [3.8, 4) is 5.69 Å². The van der Waals surface area contributed by atoms with Crippen LogP contribution in [-0.2, 0) is 6.54 Å². The van der Waals surface area contributed by atoms with Crippen LogP contribution in [0.2, 0.25) is 0 Å². The predicted octanol–water partition coefficient (Wildman–Crippen LogP) is -0.275. The molecule has 2 aromatic carbocycles. The Balaban J connectivity index is 0.00000182. The maximum Gasteiger partial charge on any atom is 0.266 e. The summed E-state index contributed by atoms with van der Waals surface area (Å²) < 4.78 is 3.71. The van der Waals surface area contributed by atoms with Gasteiger partial charge < -0.3 is 17.0 Å². The quantitative estimate of drug-likeness (QED) is 0.449. The number of halogens is 1. The molecule has 0 unspecified atom stereocenters. The SMILES string of the molecule is O=c1c2ccccc2nc(C[n+]2ccccc2)n1-c1ccccc1.[Br-]. The number of fused-ring (bicyclic) bond motifs is 1. The van der Waals surface area contributed by atoms with Gasteiger partial charge in [-0.1, -0.05) is 36.4 Å². The summed E-state index contributed by atoms with van der Waals surface area (Å²) in [6.45, 7) is 0.524. The summed E-state index contributed by atoms with van der Waals surface area (Å²) in [6, 6.07) is 23.0. The van der Waals surface area contributed by atoms with Crippen molar-refractivity contribution < 1.29 is 21.5 Å². The third-order valence-electron chi connectivity index (χ3n) is 3.96. The molecule has 0 aliphatic rings. The van der Waals surface area contributed by atoms with Crippen LogP contribution in [0.5, 0.6) is 0 Å². The Labute approximate surface area is 155 Å². The van der Waals surface area contributed by atoms with E-state index in [-0.39, 0.29) is 22.5 Å². The summed E-state index contributed by atoms with van der Waals surface area (Å²) in [6.07, 6.45) is 3.94. The van der Waals surface area contributed by atoms with E-state index in [9.17, 15) is 4.79 Å². The molecule has 0 spiro atoms. The number of pyridine rings is 1. The number of para-hydroxylation sites is 2. The van der Waals surface area contributed by atoms with Crippen LogP contribution in [0.15, 0.2) is 90.0 Å². The first kappa shape index (κ1) is 17.0. The standard InChI is InChI=1S/C20H16N3O.BrH/c24-20-17-11-5-6-12-18(17)21-19(15-22-13-7-2-8-14-22)23(20)16-9-3-1-4-10-16;/h1-14H,15H2;1H/q+1;/p-1. The minimum absolute atomic E-state index is 0. The maximum atomic E-state index is 13.1. The van der Waals surface area contributed by atoms with Gasteiger partial charge in [-0.15, -0.1) is 0 Å². The van der Waals surface area contributed by atoms with Crippen LogP contribution in [0.3, 0.4) is 0 Å². The third kappa shape index (κ3) is 3.37. The molecular formula is C20H16BrN3O. The molecule has 4 rings (SSSR count). The highest BCUT2D eigenvalue weighted by Gasteiger charge is 2.15. The number of nitrogens with zero attached hydrogens (tertiary/aromatic N) is 3. The molecule has 0 aliphatic carbocycles. The van der Waals surface area contributed by atoms with E-state index in [1.54, 1.807) is 4.57 Å². The molecule has 4 aromatic rings. The highest BCUT2D eigenvalue weighted by molar-refractivity contribution is 5.77. The first-order valence-corrected chi connectivity index (χ1v) is 7.83. The molecule has 0 aliphatic heterocycles. The average molecular weight is 394 g/mol. The van der Waals surface area contributed by atoms with Crippen molar-refractivity contribution in [2.75, 3.05) is 0 Å². The topological polar surface area (TPSA) is 38.8 Å². The zero-order chi connectivity index (χ0) is 16.4. The normalized spacial score (nSPS) is 10.4. The fourth-order valence-corrected chi connectivity index (χ4v) is 2.83. The first-order chi connectivity index (χ1) is 11.8. The number of hydrogen-bond acceptors (Lipinski definition) is 2. The van der Waals surface area contributed by atoms with Gasteiger partial charge in [0.05, 0.1) is 16.6 Å². The summed E-state index contributed by atoms with van der Waals surface area (Å²) >= 11 is 0. The lowest BCUT2D eigenvalue weighted by Gasteiger charge is -2.11. The lowest BCUT2D eigenvalue weighted by molar-refractivity contribution is -0.689. The number of rotatable bonds is 3. The molecule has 25 heavy (non-hydrogen) atoms. The van der Waals surface area contributed by atoms with E-state index in [1.807, 2.05) is 89.8 Å². The first-order valence-electron chi connectivity index (χ1n) is 7.83. The molecule has 0 amide bonds. The highest BCUT2D eigenvalue weighted by Crippen LogP contribution is 2.12. The van der Waals surface area contributed by atoms with E-state index in [4.69, 9.17) is 4.98 Å². The Morgan fingerprint density at radius 2 is 1.48 bits per heavy atom. The van der Waals surface area contributed by atoms with Gasteiger partial charge in [0, 0.05) is 12.1 Å². The second kappa shape index (κ2) is 7.40. The van der Waals surface area contributed by atoms with Crippen LogP contribution in [0.1, 0.15) is 5.82 Å². The molecule has 4 nitrogen and oxygen atoms in total. The van der Waals surface area contributed by atoms with Crippen molar-refractivity contribution in [2.24, 2.45) is 0 Å². The van der Waals surface area contributed by atoms with Crippen LogP contribution < -0.4 is 27.1 Å². The number of hydrogen-bond donors (Lipinski definition) is 0. The van der Waals surface area contributed by atoms with Gasteiger partial charge in [-0.3, -0.25) is 9.36 Å². The van der Waals surface area contributed by atoms with Crippen molar-refractivity contribution in [1.29, 1.82) is 0 Å². The second-order valence-corrected chi connectivity index (χ2v) is 5.57. The minimum Gasteiger partial charge on any atom is -1.00 e. The summed E-state index contributed by atoms with van der Waals surface area (Å²) in [4.78, 5) is 17.8. The lowest BCUT2D eigenvalue weighted by atomic mass is 10.2. The summed E-state index contributed by atoms with van der Waals surface area (Å²) in [5.41, 5.74) is 1.51. The zero-order valence-corrected chi connectivity index (χ0v) is 15.0. The van der Waals surface area contributed by atoms with Crippen molar-refractivity contribution in [3.05, 3.63) is 101 Å². The molecule has 0 saturated carbocycles. The predicted molar refractivity (Wildman–Crippen MR) is 93.1 cm³/mol. The van der Waals surface area contributed by atoms with Crippen molar-refractivity contribution in [1.82, 2.24) is 9.55 Å². The van der Waals surface area contributed by atoms with Crippen LogP contribution in [0.4, 0.5) is 0 Å². The van der Waals surface area contributed by atoms with Crippen LogP contribution in [-0.4, -0.2) is 9.55 Å². The van der Waals surface area contributed by atoms with Gasteiger partial charge in [0.25, 0.3) is 5.56 Å². The second-order valence-electron chi connectivity index (χ2n) is 5.57. The van der Waals surface area contributed by atoms with Gasteiger partial charge in [-0.2, -0.15) is 4.57 Å². The minimum atomic E-state index is -0.0432. The molecule has 5 heteroatoms. The van der Waals surface area contributed by atoms with Crippen molar-refractivity contribution in [2.45, 2.75) is 6.54 Å². The molecule has 0 radical (unpaired) electrons. The van der Waals surface area contributed by atoms with Crippen molar-refractivity contribution >= 4 is 10.9 Å².